The topological polar surface area (TPSA) is 111 Å². The van der Waals surface area contributed by atoms with Gasteiger partial charge in [-0.3, -0.25) is 9.78 Å². The van der Waals surface area contributed by atoms with E-state index in [1.165, 1.54) is 23.8 Å². The predicted molar refractivity (Wildman–Crippen MR) is 127 cm³/mol. The van der Waals surface area contributed by atoms with Crippen molar-refractivity contribution in [3.05, 3.63) is 83.7 Å². The molecule has 8 nitrogen and oxygen atoms in total. The molecule has 0 bridgehead atoms. The first-order valence-corrected chi connectivity index (χ1v) is 12.1. The molecular formula is C27H23N5O3. The van der Waals surface area contributed by atoms with Crippen LogP contribution in [0, 0.1) is 5.92 Å². The lowest BCUT2D eigenvalue weighted by atomic mass is 9.86. The minimum absolute atomic E-state index is 0.0473. The van der Waals surface area contributed by atoms with Gasteiger partial charge in [-0.15, -0.1) is 10.2 Å². The summed E-state index contributed by atoms with van der Waals surface area (Å²) < 4.78 is 12.3. The molecule has 4 aromatic heterocycles. The molecule has 35 heavy (non-hydrogen) atoms. The van der Waals surface area contributed by atoms with Crippen molar-refractivity contribution in [3.8, 4) is 11.5 Å². The number of hydrogen-bond acceptors (Lipinski definition) is 7. The fourth-order valence-electron chi connectivity index (χ4n) is 5.38. The van der Waals surface area contributed by atoms with E-state index in [1.54, 1.807) is 30.9 Å². The number of benzene rings is 1. The normalized spacial score (nSPS) is 20.0. The molecule has 2 aliphatic rings. The van der Waals surface area contributed by atoms with Crippen LogP contribution in [0.1, 0.15) is 70.9 Å². The average Bonchev–Trinajstić information content (AvgIpc) is 3.31. The molecule has 7 rings (SSSR count). The lowest BCUT2D eigenvalue weighted by molar-refractivity contribution is 0.0868. The van der Waals surface area contributed by atoms with Gasteiger partial charge < -0.3 is 13.8 Å². The zero-order valence-corrected chi connectivity index (χ0v) is 19.0. The molecule has 174 valence electrons. The molecular weight excluding hydrogens is 442 g/mol. The molecule has 5 aromatic rings. The Balaban J connectivity index is 1.26. The number of rotatable bonds is 5. The number of aromatic amines is 1. The Morgan fingerprint density at radius 3 is 2.71 bits per heavy atom. The Labute approximate surface area is 200 Å². The summed E-state index contributed by atoms with van der Waals surface area (Å²) in [6.45, 7) is 0. The van der Waals surface area contributed by atoms with Crippen molar-refractivity contribution in [3.63, 3.8) is 0 Å². The first-order chi connectivity index (χ1) is 17.3. The Morgan fingerprint density at radius 2 is 1.86 bits per heavy atom. The molecule has 1 fully saturated rings. The van der Waals surface area contributed by atoms with Gasteiger partial charge in [-0.25, -0.2) is 4.98 Å². The second-order valence-electron chi connectivity index (χ2n) is 9.45. The third-order valence-electron chi connectivity index (χ3n) is 7.24. The van der Waals surface area contributed by atoms with E-state index in [2.05, 4.69) is 32.3 Å². The van der Waals surface area contributed by atoms with Crippen LogP contribution in [0.15, 0.2) is 64.0 Å². The number of imidazole rings is 1. The van der Waals surface area contributed by atoms with Crippen LogP contribution in [0.4, 0.5) is 0 Å². The number of nitrogens with one attached hydrogen (secondary N) is 1. The standard InChI is InChI=1S/C27H23N5O3/c33-24(27-32-31-26(35-27)16-9-11-28-12-10-16)17-7-8-20-23(30-14-29-20)19(13-17)25-22(15-5-6-15)18-3-1-2-4-21(18)34-25/h1-4,9-12,14-15,17,19H,5-8,13H2,(H,29,30)/t17?,19-/m1/s1. The predicted octanol–water partition coefficient (Wildman–Crippen LogP) is 5.45. The maximum atomic E-state index is 13.6. The molecule has 0 saturated heterocycles. The third kappa shape index (κ3) is 3.48. The maximum absolute atomic E-state index is 13.6. The second kappa shape index (κ2) is 8.01. The van der Waals surface area contributed by atoms with E-state index in [1.807, 2.05) is 12.1 Å². The largest absolute Gasteiger partial charge is 0.460 e. The molecule has 2 aliphatic carbocycles. The van der Waals surface area contributed by atoms with Crippen molar-refractivity contribution < 1.29 is 13.6 Å². The minimum Gasteiger partial charge on any atom is -0.460 e. The number of pyridine rings is 1. The van der Waals surface area contributed by atoms with Gasteiger partial charge in [-0.2, -0.15) is 0 Å². The van der Waals surface area contributed by atoms with Crippen LogP contribution >= 0.6 is 0 Å². The van der Waals surface area contributed by atoms with E-state index in [0.717, 1.165) is 34.7 Å². The SMILES string of the molecule is O=C(c1nnc(-c2ccncc2)o1)C1CCc2[nH]cnc2[C@H](c2oc3ccccc3c2C2CC2)C1. The van der Waals surface area contributed by atoms with Crippen LogP contribution in [0.5, 0.6) is 0 Å². The highest BCUT2D eigenvalue weighted by molar-refractivity contribution is 5.94. The van der Waals surface area contributed by atoms with Gasteiger partial charge in [-0.1, -0.05) is 18.2 Å². The number of H-pyrrole nitrogens is 1. The highest BCUT2D eigenvalue weighted by Crippen LogP contribution is 2.50. The molecule has 2 atom stereocenters. The highest BCUT2D eigenvalue weighted by Gasteiger charge is 2.39. The summed E-state index contributed by atoms with van der Waals surface area (Å²) in [6.07, 6.45) is 9.38. The van der Waals surface area contributed by atoms with Gasteiger partial charge in [0.05, 0.1) is 17.9 Å². The van der Waals surface area contributed by atoms with Crippen molar-refractivity contribution in [2.45, 2.75) is 43.9 Å². The number of carbonyl (C=O) groups is 1. The highest BCUT2D eigenvalue weighted by atomic mass is 16.4. The van der Waals surface area contributed by atoms with Gasteiger partial charge in [0, 0.05) is 40.5 Å². The van der Waals surface area contributed by atoms with Crippen molar-refractivity contribution >= 4 is 16.8 Å². The molecule has 1 saturated carbocycles. The van der Waals surface area contributed by atoms with Crippen molar-refractivity contribution in [1.29, 1.82) is 0 Å². The van der Waals surface area contributed by atoms with E-state index in [0.29, 0.717) is 24.7 Å². The fourth-order valence-corrected chi connectivity index (χ4v) is 5.38. The number of aryl methyl sites for hydroxylation is 1. The zero-order valence-electron chi connectivity index (χ0n) is 19.0. The van der Waals surface area contributed by atoms with Crippen LogP contribution in [0.3, 0.4) is 0 Å². The number of para-hydroxylation sites is 1. The van der Waals surface area contributed by atoms with Crippen LogP contribution in [-0.2, 0) is 6.42 Å². The molecule has 0 spiro atoms. The fraction of sp³-hybridized carbons (Fsp3) is 0.296. The number of hydrogen-bond donors (Lipinski definition) is 1. The second-order valence-corrected chi connectivity index (χ2v) is 9.45. The smallest absolute Gasteiger partial charge is 0.284 e. The van der Waals surface area contributed by atoms with E-state index in [4.69, 9.17) is 13.8 Å². The number of carbonyl (C=O) groups excluding carboxylic acids is 1. The first-order valence-electron chi connectivity index (χ1n) is 12.1. The Morgan fingerprint density at radius 1 is 1.00 bits per heavy atom. The first kappa shape index (κ1) is 20.3. The number of aromatic nitrogens is 5. The van der Waals surface area contributed by atoms with Gasteiger partial charge in [0.1, 0.15) is 11.3 Å². The monoisotopic (exact) mass is 465 g/mol. The number of ketones is 1. The van der Waals surface area contributed by atoms with Crippen molar-refractivity contribution in [1.82, 2.24) is 25.1 Å². The van der Waals surface area contributed by atoms with E-state index < -0.39 is 0 Å². The van der Waals surface area contributed by atoms with Crippen molar-refractivity contribution in [2.24, 2.45) is 5.92 Å². The lowest BCUT2D eigenvalue weighted by Crippen LogP contribution is -2.18. The molecule has 1 N–H and O–H groups in total. The van der Waals surface area contributed by atoms with E-state index >= 15 is 0 Å². The molecule has 1 aromatic carbocycles. The van der Waals surface area contributed by atoms with Crippen molar-refractivity contribution in [2.75, 3.05) is 0 Å². The van der Waals surface area contributed by atoms with Gasteiger partial charge in [0.2, 0.25) is 11.7 Å². The average molecular weight is 466 g/mol. The van der Waals surface area contributed by atoms with Crippen LogP contribution in [-0.4, -0.2) is 30.9 Å². The van der Waals surface area contributed by atoms with Gasteiger partial charge >= 0.3 is 0 Å². The lowest BCUT2D eigenvalue weighted by Gasteiger charge is -2.18. The van der Waals surface area contributed by atoms with Crippen LogP contribution in [0.2, 0.25) is 0 Å². The summed E-state index contributed by atoms with van der Waals surface area (Å²) in [4.78, 5) is 25.6. The third-order valence-corrected chi connectivity index (χ3v) is 7.24. The van der Waals surface area contributed by atoms with E-state index in [-0.39, 0.29) is 23.5 Å². The van der Waals surface area contributed by atoms with Gasteiger partial charge in [0.25, 0.3) is 5.89 Å². The van der Waals surface area contributed by atoms with Crippen LogP contribution in [0.25, 0.3) is 22.4 Å². The number of Topliss-reactive ketones (excluding diaryl/α,β-unsaturated/α-hetero) is 1. The summed E-state index contributed by atoms with van der Waals surface area (Å²) in [6, 6.07) is 11.8. The maximum Gasteiger partial charge on any atom is 0.284 e. The molecule has 0 amide bonds. The quantitative estimate of drug-likeness (QED) is 0.271. The molecule has 1 unspecified atom stereocenters. The molecule has 8 heteroatoms. The summed E-state index contributed by atoms with van der Waals surface area (Å²) in [5, 5.41) is 9.37. The van der Waals surface area contributed by atoms with E-state index in [9.17, 15) is 4.79 Å². The zero-order chi connectivity index (χ0) is 23.4. The summed E-state index contributed by atoms with van der Waals surface area (Å²) in [7, 11) is 0. The summed E-state index contributed by atoms with van der Waals surface area (Å²) in [5.74, 6) is 1.30. The summed E-state index contributed by atoms with van der Waals surface area (Å²) in [5.41, 5.74) is 4.96. The number of fused-ring (bicyclic) bond motifs is 2. The molecule has 0 radical (unpaired) electrons. The van der Waals surface area contributed by atoms with Gasteiger partial charge in [-0.05, 0) is 56.2 Å². The molecule has 0 aliphatic heterocycles. The summed E-state index contributed by atoms with van der Waals surface area (Å²) >= 11 is 0. The molecule has 4 heterocycles. The number of furan rings is 1. The number of nitrogens with zero attached hydrogens (tertiary/aromatic N) is 4. The minimum atomic E-state index is -0.284. The van der Waals surface area contributed by atoms with Crippen LogP contribution < -0.4 is 0 Å². The Kier molecular flexibility index (Phi) is 4.65. The Hall–Kier alpha value is -4.07. The Bertz CT molecular complexity index is 1530. The van der Waals surface area contributed by atoms with Gasteiger partial charge in [0.15, 0.2) is 0 Å².